The third-order valence-electron chi connectivity index (χ3n) is 2.29. The van der Waals surface area contributed by atoms with Gasteiger partial charge in [-0.25, -0.2) is 0 Å². The number of rotatable bonds is 6. The van der Waals surface area contributed by atoms with E-state index in [1.54, 1.807) is 12.1 Å². The van der Waals surface area contributed by atoms with Crippen molar-refractivity contribution in [2.75, 3.05) is 20.0 Å². The van der Waals surface area contributed by atoms with Gasteiger partial charge in [0.25, 0.3) is 10.1 Å². The standard InChI is InChI=1S/C11H14O6S/c1-16-8-3-4-11(17-2)9(7-8)10(12)5-6-18(13,14)15/h3-4,7H,5-6H2,1-2H3,(H,13,14,15). The summed E-state index contributed by atoms with van der Waals surface area (Å²) >= 11 is 0. The fourth-order valence-corrected chi connectivity index (χ4v) is 1.83. The second-order valence-electron chi connectivity index (χ2n) is 3.53. The number of carbonyl (C=O) groups excluding carboxylic acids is 1. The lowest BCUT2D eigenvalue weighted by Crippen LogP contribution is -2.11. The highest BCUT2D eigenvalue weighted by atomic mass is 32.2. The van der Waals surface area contributed by atoms with Crippen molar-refractivity contribution in [3.05, 3.63) is 23.8 Å². The molecule has 18 heavy (non-hydrogen) atoms. The number of ketones is 1. The predicted molar refractivity (Wildman–Crippen MR) is 64.9 cm³/mol. The Morgan fingerprint density at radius 1 is 1.28 bits per heavy atom. The quantitative estimate of drug-likeness (QED) is 0.618. The van der Waals surface area contributed by atoms with E-state index >= 15 is 0 Å². The summed E-state index contributed by atoms with van der Waals surface area (Å²) in [5.74, 6) is -0.267. The Morgan fingerprint density at radius 2 is 1.94 bits per heavy atom. The molecule has 6 nitrogen and oxygen atoms in total. The molecule has 0 aliphatic heterocycles. The molecule has 0 atom stereocenters. The van der Waals surface area contributed by atoms with E-state index in [0.29, 0.717) is 11.5 Å². The van der Waals surface area contributed by atoms with Gasteiger partial charge in [0.2, 0.25) is 0 Å². The molecule has 100 valence electrons. The van der Waals surface area contributed by atoms with Crippen LogP contribution in [0, 0.1) is 0 Å². The molecule has 7 heteroatoms. The highest BCUT2D eigenvalue weighted by Crippen LogP contribution is 2.25. The van der Waals surface area contributed by atoms with E-state index in [9.17, 15) is 13.2 Å². The lowest BCUT2D eigenvalue weighted by atomic mass is 10.1. The Bertz CT molecular complexity index is 534. The van der Waals surface area contributed by atoms with Crippen LogP contribution in [0.3, 0.4) is 0 Å². The Hall–Kier alpha value is -1.60. The molecule has 1 rings (SSSR count). The van der Waals surface area contributed by atoms with Crippen molar-refractivity contribution in [3.63, 3.8) is 0 Å². The molecule has 0 unspecified atom stereocenters. The van der Waals surface area contributed by atoms with Crippen LogP contribution in [0.25, 0.3) is 0 Å². The van der Waals surface area contributed by atoms with Crippen molar-refractivity contribution >= 4 is 15.9 Å². The third kappa shape index (κ3) is 4.01. The van der Waals surface area contributed by atoms with Gasteiger partial charge in [-0.3, -0.25) is 9.35 Å². The number of hydrogen-bond acceptors (Lipinski definition) is 5. The van der Waals surface area contributed by atoms with Crippen LogP contribution in [0.4, 0.5) is 0 Å². The number of Topliss-reactive ketones (excluding diaryl/α,β-unsaturated/α-hetero) is 1. The Kier molecular flexibility index (Phi) is 4.69. The molecule has 0 aliphatic carbocycles. The van der Waals surface area contributed by atoms with Crippen LogP contribution in [0.5, 0.6) is 11.5 Å². The molecule has 0 saturated heterocycles. The fraction of sp³-hybridized carbons (Fsp3) is 0.364. The molecule has 1 aromatic rings. The first-order valence-electron chi connectivity index (χ1n) is 5.08. The van der Waals surface area contributed by atoms with Crippen LogP contribution >= 0.6 is 0 Å². The summed E-state index contributed by atoms with van der Waals surface area (Å²) in [5, 5.41) is 0. The van der Waals surface area contributed by atoms with Gasteiger partial charge < -0.3 is 9.47 Å². The summed E-state index contributed by atoms with van der Waals surface area (Å²) in [6.07, 6.45) is -0.317. The van der Waals surface area contributed by atoms with Gasteiger partial charge in [-0.2, -0.15) is 8.42 Å². The lowest BCUT2D eigenvalue weighted by molar-refractivity contribution is 0.0985. The Labute approximate surface area is 105 Å². The number of carbonyl (C=O) groups is 1. The van der Waals surface area contributed by atoms with Crippen LogP contribution in [0.15, 0.2) is 18.2 Å². The van der Waals surface area contributed by atoms with E-state index in [1.165, 1.54) is 20.3 Å². The summed E-state index contributed by atoms with van der Waals surface area (Å²) in [4.78, 5) is 11.8. The minimum absolute atomic E-state index is 0.223. The molecule has 0 aromatic heterocycles. The largest absolute Gasteiger partial charge is 0.497 e. The minimum Gasteiger partial charge on any atom is -0.497 e. The van der Waals surface area contributed by atoms with Crippen molar-refractivity contribution in [1.82, 2.24) is 0 Å². The maximum atomic E-state index is 11.8. The zero-order chi connectivity index (χ0) is 13.8. The fourth-order valence-electron chi connectivity index (χ4n) is 1.39. The van der Waals surface area contributed by atoms with Gasteiger partial charge in [0, 0.05) is 6.42 Å². The van der Waals surface area contributed by atoms with Crippen molar-refractivity contribution in [1.29, 1.82) is 0 Å². The molecular weight excluding hydrogens is 260 g/mol. The molecule has 1 aromatic carbocycles. The first kappa shape index (κ1) is 14.5. The second-order valence-corrected chi connectivity index (χ2v) is 5.10. The number of hydrogen-bond donors (Lipinski definition) is 1. The maximum absolute atomic E-state index is 11.8. The number of methoxy groups -OCH3 is 2. The molecule has 0 bridgehead atoms. The highest BCUT2D eigenvalue weighted by molar-refractivity contribution is 7.85. The van der Waals surface area contributed by atoms with E-state index in [2.05, 4.69) is 0 Å². The van der Waals surface area contributed by atoms with Crippen LogP contribution in [0.2, 0.25) is 0 Å². The highest BCUT2D eigenvalue weighted by Gasteiger charge is 2.16. The minimum atomic E-state index is -4.16. The normalized spacial score (nSPS) is 11.1. The van der Waals surface area contributed by atoms with Gasteiger partial charge in [-0.15, -0.1) is 0 Å². The summed E-state index contributed by atoms with van der Waals surface area (Å²) in [6.45, 7) is 0. The number of benzene rings is 1. The monoisotopic (exact) mass is 274 g/mol. The second kappa shape index (κ2) is 5.83. The van der Waals surface area contributed by atoms with E-state index in [-0.39, 0.29) is 12.0 Å². The maximum Gasteiger partial charge on any atom is 0.265 e. The predicted octanol–water partition coefficient (Wildman–Crippen LogP) is 1.16. The molecule has 0 saturated carbocycles. The summed E-state index contributed by atoms with van der Waals surface area (Å²) in [7, 11) is -1.30. The number of ether oxygens (including phenoxy) is 2. The molecule has 0 radical (unpaired) electrons. The van der Waals surface area contributed by atoms with Crippen LogP contribution in [-0.4, -0.2) is 38.7 Å². The summed E-state index contributed by atoms with van der Waals surface area (Å²) < 4.78 is 39.8. The molecule has 0 aliphatic rings. The van der Waals surface area contributed by atoms with Gasteiger partial charge in [0.1, 0.15) is 11.5 Å². The molecular formula is C11H14O6S. The first-order chi connectivity index (χ1) is 8.37. The topological polar surface area (TPSA) is 89.9 Å². The van der Waals surface area contributed by atoms with Crippen molar-refractivity contribution in [3.8, 4) is 11.5 Å². The van der Waals surface area contributed by atoms with E-state index < -0.39 is 21.7 Å². The van der Waals surface area contributed by atoms with Crippen molar-refractivity contribution in [2.24, 2.45) is 0 Å². The van der Waals surface area contributed by atoms with Crippen LogP contribution in [-0.2, 0) is 10.1 Å². The van der Waals surface area contributed by atoms with Gasteiger partial charge in [-0.1, -0.05) is 0 Å². The summed E-state index contributed by atoms with van der Waals surface area (Å²) in [5.41, 5.74) is 0.223. The van der Waals surface area contributed by atoms with Crippen molar-refractivity contribution < 1.29 is 27.2 Å². The average molecular weight is 274 g/mol. The molecule has 0 spiro atoms. The van der Waals surface area contributed by atoms with Gasteiger partial charge in [0.15, 0.2) is 5.78 Å². The molecule has 0 amide bonds. The van der Waals surface area contributed by atoms with Gasteiger partial charge in [0.05, 0.1) is 25.5 Å². The zero-order valence-electron chi connectivity index (χ0n) is 10.0. The van der Waals surface area contributed by atoms with Crippen LogP contribution < -0.4 is 9.47 Å². The molecule has 0 heterocycles. The van der Waals surface area contributed by atoms with E-state index in [0.717, 1.165) is 0 Å². The molecule has 1 N–H and O–H groups in total. The van der Waals surface area contributed by atoms with Crippen LogP contribution in [0.1, 0.15) is 16.8 Å². The Morgan fingerprint density at radius 3 is 2.44 bits per heavy atom. The summed E-state index contributed by atoms with van der Waals surface area (Å²) in [6, 6.07) is 4.64. The van der Waals surface area contributed by atoms with Gasteiger partial charge >= 0.3 is 0 Å². The average Bonchev–Trinajstić information content (AvgIpc) is 2.34. The zero-order valence-corrected chi connectivity index (χ0v) is 10.9. The molecule has 0 fully saturated rings. The van der Waals surface area contributed by atoms with E-state index in [1.807, 2.05) is 0 Å². The SMILES string of the molecule is COc1ccc(OC)c(C(=O)CCS(=O)(=O)O)c1. The smallest absolute Gasteiger partial charge is 0.265 e. The van der Waals surface area contributed by atoms with E-state index in [4.69, 9.17) is 14.0 Å². The lowest BCUT2D eigenvalue weighted by Gasteiger charge is -2.09. The Balaban J connectivity index is 2.96. The van der Waals surface area contributed by atoms with Gasteiger partial charge in [-0.05, 0) is 18.2 Å². The first-order valence-corrected chi connectivity index (χ1v) is 6.68. The van der Waals surface area contributed by atoms with Crippen molar-refractivity contribution in [2.45, 2.75) is 6.42 Å². The third-order valence-corrected chi connectivity index (χ3v) is 3.01.